The summed E-state index contributed by atoms with van der Waals surface area (Å²) >= 11 is 1.49. The number of carbonyl (C=O) groups is 2. The van der Waals surface area contributed by atoms with Crippen molar-refractivity contribution in [2.24, 2.45) is 5.92 Å². The quantitative estimate of drug-likeness (QED) is 0.818. The zero-order valence-electron chi connectivity index (χ0n) is 14.6. The molecule has 2 aliphatic rings. The number of thiophene rings is 1. The monoisotopic (exact) mass is 374 g/mol. The summed E-state index contributed by atoms with van der Waals surface area (Å²) in [7, 11) is 0. The van der Waals surface area contributed by atoms with E-state index in [2.05, 4.69) is 0 Å². The van der Waals surface area contributed by atoms with Crippen LogP contribution >= 0.6 is 11.3 Å². The van der Waals surface area contributed by atoms with Crippen LogP contribution in [-0.4, -0.2) is 18.3 Å². The van der Waals surface area contributed by atoms with Gasteiger partial charge in [-0.05, 0) is 25.0 Å². The van der Waals surface area contributed by atoms with Crippen molar-refractivity contribution in [3.05, 3.63) is 52.2 Å². The van der Waals surface area contributed by atoms with Crippen molar-refractivity contribution in [1.29, 1.82) is 0 Å². The Morgan fingerprint density at radius 1 is 1.31 bits per heavy atom. The first-order valence-corrected chi connectivity index (χ1v) is 9.77. The summed E-state index contributed by atoms with van der Waals surface area (Å²) in [6, 6.07) is 8.05. The second-order valence-corrected chi connectivity index (χ2v) is 8.17. The molecule has 1 aliphatic heterocycles. The van der Waals surface area contributed by atoms with Crippen molar-refractivity contribution in [1.82, 2.24) is 0 Å². The van der Waals surface area contributed by atoms with Crippen molar-refractivity contribution in [3.8, 4) is 5.06 Å². The Morgan fingerprint density at radius 2 is 2.08 bits per heavy atom. The van der Waals surface area contributed by atoms with Crippen molar-refractivity contribution < 1.29 is 23.6 Å². The molecule has 0 amide bonds. The van der Waals surface area contributed by atoms with Gasteiger partial charge in [-0.1, -0.05) is 12.1 Å². The Balaban J connectivity index is 1.63. The number of ketones is 1. The Kier molecular flexibility index (Phi) is 4.63. The van der Waals surface area contributed by atoms with Gasteiger partial charge in [0.2, 0.25) is 0 Å². The zero-order chi connectivity index (χ0) is 18.3. The minimum Gasteiger partial charge on any atom is -0.416 e. The normalized spacial score (nSPS) is 20.3. The molecule has 1 unspecified atom stereocenters. The van der Waals surface area contributed by atoms with E-state index in [-0.39, 0.29) is 23.5 Å². The van der Waals surface area contributed by atoms with Gasteiger partial charge < -0.3 is 9.64 Å². The molecule has 0 bridgehead atoms. The molecule has 1 aliphatic carbocycles. The fourth-order valence-corrected chi connectivity index (χ4v) is 4.80. The van der Waals surface area contributed by atoms with Crippen LogP contribution < -0.4 is 9.64 Å². The number of esters is 1. The molecule has 1 N–H and O–H groups in total. The lowest BCUT2D eigenvalue weighted by Crippen LogP contribution is -3.13. The summed E-state index contributed by atoms with van der Waals surface area (Å²) < 4.78 is 19.7. The van der Waals surface area contributed by atoms with Crippen molar-refractivity contribution in [2.45, 2.75) is 38.8 Å². The molecule has 1 aromatic heterocycles. The highest BCUT2D eigenvalue weighted by atomic mass is 32.1. The summed E-state index contributed by atoms with van der Waals surface area (Å²) in [6.45, 7) is 2.80. The SMILES string of the molecule is CC(=O)Oc1cc2c(s1)CC[NH+]([C@H](C(=O)C1CC1)c1ccccc1F)C2. The third-order valence-electron chi connectivity index (χ3n) is 5.10. The van der Waals surface area contributed by atoms with Gasteiger partial charge in [-0.2, -0.15) is 0 Å². The zero-order valence-corrected chi connectivity index (χ0v) is 15.4. The van der Waals surface area contributed by atoms with Gasteiger partial charge >= 0.3 is 5.97 Å². The Bertz CT molecular complexity index is 858. The number of hydrogen-bond acceptors (Lipinski definition) is 4. The van der Waals surface area contributed by atoms with Crippen molar-refractivity contribution in [3.63, 3.8) is 0 Å². The molecule has 136 valence electrons. The molecule has 1 aromatic carbocycles. The fourth-order valence-electron chi connectivity index (χ4n) is 3.73. The number of hydrogen-bond donors (Lipinski definition) is 1. The molecule has 6 heteroatoms. The average molecular weight is 374 g/mol. The second-order valence-electron chi connectivity index (χ2n) is 7.07. The van der Waals surface area contributed by atoms with E-state index in [4.69, 9.17) is 4.74 Å². The van der Waals surface area contributed by atoms with Gasteiger partial charge in [0.15, 0.2) is 16.9 Å². The number of quaternary nitrogens is 1. The molecular formula is C20H21FNO3S+. The van der Waals surface area contributed by atoms with Gasteiger partial charge in [0.25, 0.3) is 0 Å². The van der Waals surface area contributed by atoms with Crippen LogP contribution in [0.2, 0.25) is 0 Å². The lowest BCUT2D eigenvalue weighted by atomic mass is 9.95. The van der Waals surface area contributed by atoms with Crippen LogP contribution in [0, 0.1) is 11.7 Å². The molecule has 2 heterocycles. The molecule has 4 nitrogen and oxygen atoms in total. The topological polar surface area (TPSA) is 47.8 Å². The second kappa shape index (κ2) is 6.93. The van der Waals surface area contributed by atoms with Gasteiger partial charge in [-0.3, -0.25) is 9.59 Å². The maximum Gasteiger partial charge on any atom is 0.308 e. The van der Waals surface area contributed by atoms with Crippen LogP contribution in [0.25, 0.3) is 0 Å². The molecular weight excluding hydrogens is 353 g/mol. The van der Waals surface area contributed by atoms with E-state index in [0.717, 1.165) is 36.3 Å². The summed E-state index contributed by atoms with van der Waals surface area (Å²) in [5.74, 6) is -0.409. The number of rotatable bonds is 5. The first-order chi connectivity index (χ1) is 12.5. The number of ether oxygens (including phenoxy) is 1. The molecule has 0 saturated heterocycles. The van der Waals surface area contributed by atoms with Crippen LogP contribution in [0.5, 0.6) is 5.06 Å². The molecule has 1 saturated carbocycles. The molecule has 1 fully saturated rings. The third-order valence-corrected chi connectivity index (χ3v) is 6.21. The largest absolute Gasteiger partial charge is 0.416 e. The lowest BCUT2D eigenvalue weighted by Gasteiger charge is -2.31. The minimum atomic E-state index is -0.464. The summed E-state index contributed by atoms with van der Waals surface area (Å²) in [5, 5.41) is 0.597. The summed E-state index contributed by atoms with van der Waals surface area (Å²) in [6.07, 6.45) is 2.63. The van der Waals surface area contributed by atoms with Gasteiger partial charge in [0, 0.05) is 35.8 Å². The van der Waals surface area contributed by atoms with Crippen molar-refractivity contribution >= 4 is 23.1 Å². The Morgan fingerprint density at radius 3 is 2.77 bits per heavy atom. The molecule has 0 spiro atoms. The van der Waals surface area contributed by atoms with E-state index in [1.165, 1.54) is 29.2 Å². The fraction of sp³-hybridized carbons (Fsp3) is 0.400. The van der Waals surface area contributed by atoms with E-state index < -0.39 is 6.04 Å². The molecule has 2 atom stereocenters. The van der Waals surface area contributed by atoms with E-state index >= 15 is 0 Å². The van der Waals surface area contributed by atoms with Crippen LogP contribution in [0.1, 0.15) is 41.8 Å². The lowest BCUT2D eigenvalue weighted by molar-refractivity contribution is -0.937. The predicted octanol–water partition coefficient (Wildman–Crippen LogP) is 2.47. The number of carbonyl (C=O) groups excluding carboxylic acids is 2. The highest BCUT2D eigenvalue weighted by molar-refractivity contribution is 7.14. The highest BCUT2D eigenvalue weighted by Crippen LogP contribution is 2.35. The standard InChI is InChI=1S/C20H20FNO3S/c1-12(23)25-18-10-14-11-22(9-8-17(14)26-18)19(20(24)13-6-7-13)15-4-2-3-5-16(15)21/h2-5,10,13,19H,6-9,11H2,1H3/p+1/t19-/m0/s1. The number of benzene rings is 1. The highest BCUT2D eigenvalue weighted by Gasteiger charge is 2.43. The Labute approximate surface area is 155 Å². The third kappa shape index (κ3) is 3.44. The van der Waals surface area contributed by atoms with E-state index in [1.807, 2.05) is 6.07 Å². The smallest absolute Gasteiger partial charge is 0.308 e. The van der Waals surface area contributed by atoms with Crippen LogP contribution in [0.4, 0.5) is 4.39 Å². The van der Waals surface area contributed by atoms with Crippen LogP contribution in [0.3, 0.4) is 0 Å². The van der Waals surface area contributed by atoms with Gasteiger partial charge in [-0.15, -0.1) is 11.3 Å². The first-order valence-electron chi connectivity index (χ1n) is 8.95. The molecule has 4 rings (SSSR count). The summed E-state index contributed by atoms with van der Waals surface area (Å²) in [5.41, 5.74) is 1.59. The van der Waals surface area contributed by atoms with E-state index in [1.54, 1.807) is 18.2 Å². The van der Waals surface area contributed by atoms with Gasteiger partial charge in [0.05, 0.1) is 12.1 Å². The molecule has 26 heavy (non-hydrogen) atoms. The summed E-state index contributed by atoms with van der Waals surface area (Å²) in [4.78, 5) is 26.4. The molecule has 2 aromatic rings. The predicted molar refractivity (Wildman–Crippen MR) is 95.7 cm³/mol. The number of nitrogens with one attached hydrogen (secondary N) is 1. The minimum absolute atomic E-state index is 0.0765. The maximum absolute atomic E-state index is 14.5. The van der Waals surface area contributed by atoms with E-state index in [9.17, 15) is 14.0 Å². The van der Waals surface area contributed by atoms with Crippen LogP contribution in [0.15, 0.2) is 30.3 Å². The van der Waals surface area contributed by atoms with Gasteiger partial charge in [0.1, 0.15) is 12.4 Å². The maximum atomic E-state index is 14.5. The first kappa shape index (κ1) is 17.4. The number of halogens is 1. The molecule has 0 radical (unpaired) electrons. The average Bonchev–Trinajstić information content (AvgIpc) is 3.37. The Hall–Kier alpha value is -2.05. The van der Waals surface area contributed by atoms with E-state index in [0.29, 0.717) is 17.2 Å². The van der Waals surface area contributed by atoms with Crippen molar-refractivity contribution in [2.75, 3.05) is 6.54 Å². The number of Topliss-reactive ketones (excluding diaryl/α,β-unsaturated/α-hetero) is 1. The number of fused-ring (bicyclic) bond motifs is 1. The van der Waals surface area contributed by atoms with Gasteiger partial charge in [-0.25, -0.2) is 4.39 Å². The van der Waals surface area contributed by atoms with Crippen LogP contribution in [-0.2, 0) is 22.6 Å².